The summed E-state index contributed by atoms with van der Waals surface area (Å²) < 4.78 is 1.62. The van der Waals surface area contributed by atoms with Crippen LogP contribution in [0.2, 0.25) is 0 Å². The van der Waals surface area contributed by atoms with Crippen molar-refractivity contribution in [2.24, 2.45) is 0 Å². The van der Waals surface area contributed by atoms with Gasteiger partial charge in [0.05, 0.1) is 35.1 Å². The van der Waals surface area contributed by atoms with Crippen LogP contribution < -0.4 is 15.6 Å². The molecule has 1 aromatic heterocycles. The van der Waals surface area contributed by atoms with Crippen LogP contribution in [-0.2, 0) is 11.3 Å². The van der Waals surface area contributed by atoms with Crippen LogP contribution in [0.3, 0.4) is 0 Å². The topological polar surface area (TPSA) is 101 Å². The van der Waals surface area contributed by atoms with Crippen molar-refractivity contribution in [3.8, 4) is 0 Å². The van der Waals surface area contributed by atoms with E-state index in [-0.39, 0.29) is 24.3 Å². The third kappa shape index (κ3) is 3.67. The monoisotopic (exact) mass is 438 g/mol. The molecule has 0 bridgehead atoms. The summed E-state index contributed by atoms with van der Waals surface area (Å²) in [5.74, 6) is -1.05. The highest BCUT2D eigenvalue weighted by Crippen LogP contribution is 2.29. The average molecular weight is 438 g/mol. The van der Waals surface area contributed by atoms with Crippen LogP contribution >= 0.6 is 0 Å². The van der Waals surface area contributed by atoms with E-state index in [9.17, 15) is 19.2 Å². The lowest BCUT2D eigenvalue weighted by Gasteiger charge is -2.15. The van der Waals surface area contributed by atoms with Crippen molar-refractivity contribution in [3.05, 3.63) is 100 Å². The number of fused-ring (bicyclic) bond motifs is 2. The summed E-state index contributed by atoms with van der Waals surface area (Å²) in [7, 11) is 0. The molecule has 1 aliphatic rings. The van der Waals surface area contributed by atoms with E-state index in [0.717, 1.165) is 4.90 Å². The van der Waals surface area contributed by atoms with Gasteiger partial charge in [0, 0.05) is 17.5 Å². The van der Waals surface area contributed by atoms with Gasteiger partial charge in [-0.2, -0.15) is 5.10 Å². The molecular formula is C25H18N4O4. The van der Waals surface area contributed by atoms with E-state index in [2.05, 4.69) is 10.4 Å². The van der Waals surface area contributed by atoms with Crippen molar-refractivity contribution in [1.82, 2.24) is 9.78 Å². The number of aromatic nitrogens is 2. The second-order valence-corrected chi connectivity index (χ2v) is 7.59. The maximum Gasteiger partial charge on any atom is 0.266 e. The van der Waals surface area contributed by atoms with Gasteiger partial charge in [-0.05, 0) is 42.5 Å². The predicted octanol–water partition coefficient (Wildman–Crippen LogP) is 3.23. The molecule has 4 aromatic rings. The molecule has 0 atom stereocenters. The Bertz CT molecular complexity index is 1460. The van der Waals surface area contributed by atoms with Crippen LogP contribution in [0.4, 0.5) is 11.4 Å². The van der Waals surface area contributed by atoms with Gasteiger partial charge in [-0.3, -0.25) is 23.9 Å². The average Bonchev–Trinajstić information content (AvgIpc) is 3.09. The summed E-state index contributed by atoms with van der Waals surface area (Å²) in [6.07, 6.45) is 1.36. The molecule has 8 heteroatoms. The maximum absolute atomic E-state index is 12.7. The second-order valence-electron chi connectivity index (χ2n) is 7.59. The molecule has 8 nitrogen and oxygen atoms in total. The van der Waals surface area contributed by atoms with Crippen molar-refractivity contribution < 1.29 is 14.4 Å². The number of hydrogen-bond donors (Lipinski definition) is 1. The molecule has 33 heavy (non-hydrogen) atoms. The van der Waals surface area contributed by atoms with E-state index in [0.29, 0.717) is 33.4 Å². The lowest BCUT2D eigenvalue weighted by molar-refractivity contribution is -0.116. The number of benzene rings is 3. The van der Waals surface area contributed by atoms with Crippen LogP contribution in [0.1, 0.15) is 27.1 Å². The molecule has 5 rings (SSSR count). The molecule has 0 aliphatic carbocycles. The molecule has 1 N–H and O–H groups in total. The molecule has 3 amide bonds. The minimum absolute atomic E-state index is 0.122. The third-order valence-electron chi connectivity index (χ3n) is 5.49. The van der Waals surface area contributed by atoms with E-state index < -0.39 is 11.8 Å². The number of nitrogens with zero attached hydrogens (tertiary/aromatic N) is 3. The van der Waals surface area contributed by atoms with Crippen molar-refractivity contribution in [1.29, 1.82) is 0 Å². The molecule has 0 unspecified atom stereocenters. The largest absolute Gasteiger partial charge is 0.326 e. The quantitative estimate of drug-likeness (QED) is 0.482. The Hall–Kier alpha value is -4.59. The minimum Gasteiger partial charge on any atom is -0.326 e. The first-order valence-electron chi connectivity index (χ1n) is 10.4. The maximum atomic E-state index is 12.7. The summed E-state index contributed by atoms with van der Waals surface area (Å²) >= 11 is 0. The fourth-order valence-electron chi connectivity index (χ4n) is 3.92. The Balaban J connectivity index is 1.31. The Labute approximate surface area is 188 Å². The molecule has 0 radical (unpaired) electrons. The van der Waals surface area contributed by atoms with Crippen LogP contribution in [0.5, 0.6) is 0 Å². The van der Waals surface area contributed by atoms with Crippen LogP contribution in [-0.4, -0.2) is 27.5 Å². The first-order chi connectivity index (χ1) is 16.0. The lowest BCUT2D eigenvalue weighted by Crippen LogP contribution is -2.29. The molecular weight excluding hydrogens is 420 g/mol. The summed E-state index contributed by atoms with van der Waals surface area (Å²) in [6, 6.07) is 20.4. The normalized spacial score (nSPS) is 12.8. The minimum atomic E-state index is -0.393. The number of para-hydroxylation sites is 1. The highest BCUT2D eigenvalue weighted by Gasteiger charge is 2.36. The van der Waals surface area contributed by atoms with Gasteiger partial charge >= 0.3 is 0 Å². The lowest BCUT2D eigenvalue weighted by atomic mass is 10.1. The highest BCUT2D eigenvalue weighted by atomic mass is 16.2. The Morgan fingerprint density at radius 3 is 2.30 bits per heavy atom. The first kappa shape index (κ1) is 20.3. The van der Waals surface area contributed by atoms with E-state index in [1.807, 2.05) is 6.07 Å². The van der Waals surface area contributed by atoms with E-state index in [1.165, 1.54) is 6.20 Å². The third-order valence-corrected chi connectivity index (χ3v) is 5.49. The van der Waals surface area contributed by atoms with Crippen molar-refractivity contribution in [2.75, 3.05) is 10.2 Å². The van der Waals surface area contributed by atoms with Gasteiger partial charge in [-0.1, -0.05) is 30.3 Å². The molecule has 0 spiro atoms. The first-order valence-corrected chi connectivity index (χ1v) is 10.4. The Morgan fingerprint density at radius 1 is 0.848 bits per heavy atom. The van der Waals surface area contributed by atoms with Crippen molar-refractivity contribution in [2.45, 2.75) is 13.0 Å². The zero-order valence-corrected chi connectivity index (χ0v) is 17.4. The zero-order chi connectivity index (χ0) is 22.9. The highest BCUT2D eigenvalue weighted by molar-refractivity contribution is 6.34. The van der Waals surface area contributed by atoms with E-state index >= 15 is 0 Å². The van der Waals surface area contributed by atoms with Gasteiger partial charge in [-0.15, -0.1) is 0 Å². The fourth-order valence-corrected chi connectivity index (χ4v) is 3.92. The van der Waals surface area contributed by atoms with Gasteiger partial charge in [0.1, 0.15) is 0 Å². The number of anilines is 2. The number of carbonyl (C=O) groups is 3. The fraction of sp³-hybridized carbons (Fsp3) is 0.0800. The smallest absolute Gasteiger partial charge is 0.266 e. The molecule has 1 aliphatic heterocycles. The summed E-state index contributed by atoms with van der Waals surface area (Å²) in [4.78, 5) is 51.1. The van der Waals surface area contributed by atoms with Crippen molar-refractivity contribution >= 4 is 40.0 Å². The van der Waals surface area contributed by atoms with Gasteiger partial charge in [-0.25, -0.2) is 4.90 Å². The van der Waals surface area contributed by atoms with Gasteiger partial charge in [0.2, 0.25) is 11.3 Å². The van der Waals surface area contributed by atoms with E-state index in [4.69, 9.17) is 0 Å². The van der Waals surface area contributed by atoms with E-state index in [1.54, 1.807) is 71.4 Å². The number of aryl methyl sites for hydroxylation is 1. The predicted molar refractivity (Wildman–Crippen MR) is 123 cm³/mol. The molecule has 0 saturated carbocycles. The number of carbonyl (C=O) groups excluding carboxylic acids is 3. The van der Waals surface area contributed by atoms with Gasteiger partial charge in [0.15, 0.2) is 0 Å². The molecule has 2 heterocycles. The summed E-state index contributed by atoms with van der Waals surface area (Å²) in [6.45, 7) is 0.282. The number of amides is 3. The number of hydrogen-bond acceptors (Lipinski definition) is 5. The summed E-state index contributed by atoms with van der Waals surface area (Å²) in [5, 5.41) is 7.47. The number of rotatable bonds is 5. The second kappa shape index (κ2) is 8.16. The van der Waals surface area contributed by atoms with Crippen molar-refractivity contribution in [3.63, 3.8) is 0 Å². The number of nitrogens with one attached hydrogen (secondary N) is 1. The molecule has 162 valence electrons. The van der Waals surface area contributed by atoms with Crippen LogP contribution in [0, 0.1) is 0 Å². The Kier molecular flexibility index (Phi) is 5.02. The number of imide groups is 1. The Morgan fingerprint density at radius 2 is 1.55 bits per heavy atom. The SMILES string of the molecule is O=C(CCn1ncc(=O)c2ccccc21)Nc1cccc(N2C(=O)c3ccccc3C2=O)c1. The molecule has 3 aromatic carbocycles. The standard InChI is InChI=1S/C25H18N4O4/c30-22-15-26-28(21-11-4-3-10-20(21)22)13-12-23(31)27-16-6-5-7-17(14-16)29-24(32)18-8-1-2-9-19(18)25(29)33/h1-11,14-15H,12-13H2,(H,27,31). The van der Waals surface area contributed by atoms with Gasteiger partial charge < -0.3 is 5.32 Å². The zero-order valence-electron chi connectivity index (χ0n) is 17.4. The van der Waals surface area contributed by atoms with Crippen LogP contribution in [0.15, 0.2) is 83.8 Å². The van der Waals surface area contributed by atoms with Crippen LogP contribution in [0.25, 0.3) is 10.9 Å². The molecule has 0 saturated heterocycles. The summed E-state index contributed by atoms with van der Waals surface area (Å²) in [5.41, 5.74) is 2.05. The molecule has 0 fully saturated rings. The van der Waals surface area contributed by atoms with Gasteiger partial charge in [0.25, 0.3) is 11.8 Å².